The van der Waals surface area contributed by atoms with Crippen molar-refractivity contribution in [2.45, 2.75) is 32.1 Å². The Labute approximate surface area is 155 Å². The Kier molecular flexibility index (Phi) is 4.12. The molecular formula is C20H19BrN2O2. The van der Waals surface area contributed by atoms with E-state index < -0.39 is 5.92 Å². The summed E-state index contributed by atoms with van der Waals surface area (Å²) >= 11 is 3.55. The van der Waals surface area contributed by atoms with Gasteiger partial charge in [0.15, 0.2) is 0 Å². The van der Waals surface area contributed by atoms with Gasteiger partial charge in [-0.1, -0.05) is 34.1 Å². The molecule has 1 atom stereocenters. The molecule has 4 rings (SSSR count). The second-order valence-electron chi connectivity index (χ2n) is 6.72. The molecule has 2 aliphatic heterocycles. The Morgan fingerprint density at radius 1 is 1.28 bits per heavy atom. The number of nitrogens with zero attached hydrogens (tertiary/aromatic N) is 1. The van der Waals surface area contributed by atoms with Crippen molar-refractivity contribution in [1.82, 2.24) is 0 Å². The van der Waals surface area contributed by atoms with Crippen LogP contribution in [0.5, 0.6) is 0 Å². The Bertz CT molecular complexity index is 878. The van der Waals surface area contributed by atoms with E-state index in [1.54, 1.807) is 0 Å². The van der Waals surface area contributed by atoms with Gasteiger partial charge < -0.3 is 10.2 Å². The first-order chi connectivity index (χ1) is 12.0. The van der Waals surface area contributed by atoms with E-state index in [1.165, 1.54) is 5.56 Å². The number of anilines is 2. The lowest BCUT2D eigenvalue weighted by molar-refractivity contribution is -0.124. The average Bonchev–Trinajstić information content (AvgIpc) is 2.59. The third-order valence-corrected chi connectivity index (χ3v) is 5.46. The van der Waals surface area contributed by atoms with Gasteiger partial charge in [-0.05, 0) is 54.7 Å². The van der Waals surface area contributed by atoms with E-state index in [-0.39, 0.29) is 18.2 Å². The van der Waals surface area contributed by atoms with E-state index in [2.05, 4.69) is 27.3 Å². The van der Waals surface area contributed by atoms with Crippen LogP contribution in [0, 0.1) is 6.92 Å². The highest BCUT2D eigenvalue weighted by Crippen LogP contribution is 2.38. The predicted molar refractivity (Wildman–Crippen MR) is 102 cm³/mol. The number of carbonyl (C=O) groups excluding carboxylic acids is 2. The van der Waals surface area contributed by atoms with Crippen LogP contribution in [-0.4, -0.2) is 18.4 Å². The number of carbonyl (C=O) groups is 2. The molecule has 1 unspecified atom stereocenters. The molecule has 0 spiro atoms. The van der Waals surface area contributed by atoms with Gasteiger partial charge in [-0.25, -0.2) is 0 Å². The summed E-state index contributed by atoms with van der Waals surface area (Å²) in [5.41, 5.74) is 4.96. The quantitative estimate of drug-likeness (QED) is 0.783. The van der Waals surface area contributed by atoms with Crippen molar-refractivity contribution in [3.63, 3.8) is 0 Å². The lowest BCUT2D eigenvalue weighted by atomic mass is 9.88. The second-order valence-corrected chi connectivity index (χ2v) is 7.63. The molecule has 5 heteroatoms. The minimum atomic E-state index is -0.418. The molecule has 0 aliphatic carbocycles. The number of rotatable bonds is 1. The predicted octanol–water partition coefficient (Wildman–Crippen LogP) is 4.16. The molecule has 25 heavy (non-hydrogen) atoms. The summed E-state index contributed by atoms with van der Waals surface area (Å²) in [6.07, 6.45) is 2.12. The molecule has 2 heterocycles. The van der Waals surface area contributed by atoms with Gasteiger partial charge in [0.2, 0.25) is 11.8 Å². The smallest absolute Gasteiger partial charge is 0.235 e. The van der Waals surface area contributed by atoms with Gasteiger partial charge in [0, 0.05) is 28.8 Å². The molecule has 0 aromatic heterocycles. The van der Waals surface area contributed by atoms with Crippen LogP contribution in [0.3, 0.4) is 0 Å². The highest BCUT2D eigenvalue weighted by atomic mass is 79.9. The van der Waals surface area contributed by atoms with Crippen LogP contribution in [0.2, 0.25) is 0 Å². The van der Waals surface area contributed by atoms with Crippen molar-refractivity contribution >= 4 is 39.1 Å². The summed E-state index contributed by atoms with van der Waals surface area (Å²) in [6, 6.07) is 11.7. The fourth-order valence-corrected chi connectivity index (χ4v) is 4.58. The van der Waals surface area contributed by atoms with Crippen LogP contribution in [0.1, 0.15) is 35.4 Å². The molecular weight excluding hydrogens is 380 g/mol. The molecule has 0 fully saturated rings. The van der Waals surface area contributed by atoms with Gasteiger partial charge in [0.05, 0.1) is 5.92 Å². The number of benzene rings is 2. The maximum atomic E-state index is 13.4. The van der Waals surface area contributed by atoms with E-state index in [1.807, 2.05) is 42.2 Å². The highest BCUT2D eigenvalue weighted by molar-refractivity contribution is 9.10. The fraction of sp³-hybridized carbons (Fsp3) is 0.300. The first-order valence-electron chi connectivity index (χ1n) is 8.54. The van der Waals surface area contributed by atoms with E-state index in [9.17, 15) is 9.59 Å². The van der Waals surface area contributed by atoms with Crippen molar-refractivity contribution in [3.05, 3.63) is 57.6 Å². The maximum absolute atomic E-state index is 13.4. The largest absolute Gasteiger partial charge is 0.326 e. The Balaban J connectivity index is 1.75. The molecule has 4 nitrogen and oxygen atoms in total. The van der Waals surface area contributed by atoms with Crippen LogP contribution < -0.4 is 10.2 Å². The SMILES string of the molecule is Cc1cc(Br)cc2c1N(C(=O)C1CC(=O)Nc3ccccc31)CCC2. The Hall–Kier alpha value is -2.14. The zero-order valence-corrected chi connectivity index (χ0v) is 15.6. The topological polar surface area (TPSA) is 49.4 Å². The molecule has 2 aromatic carbocycles. The summed E-state index contributed by atoms with van der Waals surface area (Å²) in [5, 5.41) is 2.87. The molecule has 2 aliphatic rings. The molecule has 0 saturated carbocycles. The Morgan fingerprint density at radius 3 is 2.92 bits per heavy atom. The average molecular weight is 399 g/mol. The number of para-hydroxylation sites is 1. The summed E-state index contributed by atoms with van der Waals surface area (Å²) in [4.78, 5) is 27.4. The minimum absolute atomic E-state index is 0.0219. The number of amides is 2. The zero-order chi connectivity index (χ0) is 17.6. The summed E-state index contributed by atoms with van der Waals surface area (Å²) in [7, 11) is 0. The second kappa shape index (κ2) is 6.30. The zero-order valence-electron chi connectivity index (χ0n) is 14.0. The summed E-state index contributed by atoms with van der Waals surface area (Å²) in [6.45, 7) is 2.74. The standard InChI is InChI=1S/C20H19BrN2O2/c1-12-9-14(21)10-13-5-4-8-23(19(12)13)20(25)16-11-18(24)22-17-7-3-2-6-15(16)17/h2-3,6-7,9-10,16H,4-5,8,11H2,1H3,(H,22,24). The third-order valence-electron chi connectivity index (χ3n) is 5.01. The number of hydrogen-bond donors (Lipinski definition) is 1. The van der Waals surface area contributed by atoms with Crippen molar-refractivity contribution in [2.24, 2.45) is 0 Å². The summed E-state index contributed by atoms with van der Waals surface area (Å²) < 4.78 is 1.04. The van der Waals surface area contributed by atoms with Gasteiger partial charge in [0.1, 0.15) is 0 Å². The third kappa shape index (κ3) is 2.86. The van der Waals surface area contributed by atoms with Gasteiger partial charge >= 0.3 is 0 Å². The van der Waals surface area contributed by atoms with Crippen LogP contribution in [0.4, 0.5) is 11.4 Å². The maximum Gasteiger partial charge on any atom is 0.235 e. The van der Waals surface area contributed by atoms with Crippen molar-refractivity contribution in [3.8, 4) is 0 Å². The van der Waals surface area contributed by atoms with E-state index >= 15 is 0 Å². The van der Waals surface area contributed by atoms with Crippen molar-refractivity contribution in [2.75, 3.05) is 16.8 Å². The number of hydrogen-bond acceptors (Lipinski definition) is 2. The lowest BCUT2D eigenvalue weighted by Gasteiger charge is -2.35. The molecule has 128 valence electrons. The lowest BCUT2D eigenvalue weighted by Crippen LogP contribution is -2.41. The van der Waals surface area contributed by atoms with Crippen LogP contribution in [0.15, 0.2) is 40.9 Å². The summed E-state index contributed by atoms with van der Waals surface area (Å²) in [5.74, 6) is -0.491. The first kappa shape index (κ1) is 16.3. The number of nitrogens with one attached hydrogen (secondary N) is 1. The normalized spacial score (nSPS) is 19.0. The van der Waals surface area contributed by atoms with Crippen LogP contribution >= 0.6 is 15.9 Å². The number of fused-ring (bicyclic) bond motifs is 2. The van der Waals surface area contributed by atoms with Gasteiger partial charge in [-0.3, -0.25) is 9.59 Å². The Morgan fingerprint density at radius 2 is 2.08 bits per heavy atom. The van der Waals surface area contributed by atoms with Gasteiger partial charge in [-0.15, -0.1) is 0 Å². The van der Waals surface area contributed by atoms with Crippen LogP contribution in [0.25, 0.3) is 0 Å². The van der Waals surface area contributed by atoms with Crippen LogP contribution in [-0.2, 0) is 16.0 Å². The molecule has 2 amide bonds. The molecule has 1 N–H and O–H groups in total. The highest BCUT2D eigenvalue weighted by Gasteiger charge is 2.35. The van der Waals surface area contributed by atoms with Gasteiger partial charge in [0.25, 0.3) is 0 Å². The molecule has 0 bridgehead atoms. The monoisotopic (exact) mass is 398 g/mol. The first-order valence-corrected chi connectivity index (χ1v) is 9.33. The van der Waals surface area contributed by atoms with E-state index in [0.29, 0.717) is 6.54 Å². The van der Waals surface area contributed by atoms with Gasteiger partial charge in [-0.2, -0.15) is 0 Å². The van der Waals surface area contributed by atoms with Crippen molar-refractivity contribution < 1.29 is 9.59 Å². The molecule has 0 saturated heterocycles. The van der Waals surface area contributed by atoms with E-state index in [0.717, 1.165) is 39.8 Å². The van der Waals surface area contributed by atoms with Crippen molar-refractivity contribution in [1.29, 1.82) is 0 Å². The molecule has 0 radical (unpaired) electrons. The molecule has 2 aromatic rings. The minimum Gasteiger partial charge on any atom is -0.326 e. The number of halogens is 1. The van der Waals surface area contributed by atoms with E-state index in [4.69, 9.17) is 0 Å². The number of aryl methyl sites for hydroxylation is 2. The fourth-order valence-electron chi connectivity index (χ4n) is 3.96.